The number of hydrogen-bond donors (Lipinski definition) is 1. The van der Waals surface area contributed by atoms with E-state index in [1.54, 1.807) is 0 Å². The Bertz CT molecular complexity index is 148. The molecular weight excluding hydrogens is 184 g/mol. The van der Waals surface area contributed by atoms with E-state index in [4.69, 9.17) is 0 Å². The van der Waals surface area contributed by atoms with Crippen LogP contribution in [0, 0.1) is 11.8 Å². The Hall–Kier alpha value is -0.0800. The number of nitrogens with one attached hydrogen (secondary N) is 1. The van der Waals surface area contributed by atoms with Gasteiger partial charge in [-0.05, 0) is 44.3 Å². The summed E-state index contributed by atoms with van der Waals surface area (Å²) >= 11 is 0. The third-order valence-corrected chi connectivity index (χ3v) is 3.21. The molecule has 0 aromatic heterocycles. The van der Waals surface area contributed by atoms with Crippen LogP contribution in [0.1, 0.15) is 40.5 Å². The van der Waals surface area contributed by atoms with E-state index in [0.717, 1.165) is 11.8 Å². The highest BCUT2D eigenvalue weighted by atomic mass is 15.1. The Morgan fingerprint density at radius 1 is 1.27 bits per heavy atom. The lowest BCUT2D eigenvalue weighted by molar-refractivity contribution is 0.299. The lowest BCUT2D eigenvalue weighted by Crippen LogP contribution is -2.31. The number of likely N-dealkylation sites (tertiary alicyclic amines) is 1. The molecule has 0 saturated carbocycles. The third kappa shape index (κ3) is 5.53. The highest BCUT2D eigenvalue weighted by molar-refractivity contribution is 4.77. The smallest absolute Gasteiger partial charge is 0.00223 e. The molecule has 1 N–H and O–H groups in total. The second-order valence-corrected chi connectivity index (χ2v) is 5.70. The molecule has 1 heterocycles. The van der Waals surface area contributed by atoms with Crippen LogP contribution in [0.3, 0.4) is 0 Å². The minimum Gasteiger partial charge on any atom is -0.314 e. The maximum absolute atomic E-state index is 3.55. The summed E-state index contributed by atoms with van der Waals surface area (Å²) in [7, 11) is 0. The van der Waals surface area contributed by atoms with Crippen LogP contribution in [0.25, 0.3) is 0 Å². The second kappa shape index (κ2) is 6.49. The van der Waals surface area contributed by atoms with E-state index in [0.29, 0.717) is 6.04 Å². The maximum Gasteiger partial charge on any atom is 0.00223 e. The number of nitrogens with zero attached hydrogens (tertiary/aromatic N) is 1. The summed E-state index contributed by atoms with van der Waals surface area (Å²) in [5.41, 5.74) is 0. The van der Waals surface area contributed by atoms with E-state index in [-0.39, 0.29) is 0 Å². The molecule has 0 aromatic rings. The van der Waals surface area contributed by atoms with Gasteiger partial charge >= 0.3 is 0 Å². The Labute approximate surface area is 95.4 Å². The average molecular weight is 212 g/mol. The van der Waals surface area contributed by atoms with Crippen molar-refractivity contribution in [2.75, 3.05) is 26.2 Å². The van der Waals surface area contributed by atoms with E-state index < -0.39 is 0 Å². The maximum atomic E-state index is 3.55. The molecule has 2 heteroatoms. The first kappa shape index (κ1) is 13.0. The van der Waals surface area contributed by atoms with E-state index in [1.807, 2.05) is 0 Å². The Morgan fingerprint density at radius 2 is 2.00 bits per heavy atom. The molecule has 0 radical (unpaired) electrons. The third-order valence-electron chi connectivity index (χ3n) is 3.21. The van der Waals surface area contributed by atoms with Crippen LogP contribution in [-0.4, -0.2) is 37.1 Å². The van der Waals surface area contributed by atoms with Crippen molar-refractivity contribution < 1.29 is 0 Å². The van der Waals surface area contributed by atoms with Gasteiger partial charge in [-0.3, -0.25) is 0 Å². The van der Waals surface area contributed by atoms with Gasteiger partial charge in [0.05, 0.1) is 0 Å². The van der Waals surface area contributed by atoms with Crippen LogP contribution in [0.4, 0.5) is 0 Å². The average Bonchev–Trinajstić information content (AvgIpc) is 2.59. The highest BCUT2D eigenvalue weighted by Crippen LogP contribution is 2.16. The normalized spacial score (nSPS) is 23.2. The van der Waals surface area contributed by atoms with Crippen molar-refractivity contribution in [2.24, 2.45) is 11.8 Å². The molecule has 0 aliphatic carbocycles. The molecule has 1 aliphatic heterocycles. The summed E-state index contributed by atoms with van der Waals surface area (Å²) in [5.74, 6) is 1.73. The zero-order chi connectivity index (χ0) is 11.3. The van der Waals surface area contributed by atoms with Gasteiger partial charge in [-0.1, -0.05) is 27.7 Å². The predicted octanol–water partition coefficient (Wildman–Crippen LogP) is 2.35. The van der Waals surface area contributed by atoms with Crippen LogP contribution in [0.5, 0.6) is 0 Å². The van der Waals surface area contributed by atoms with Gasteiger partial charge in [0.15, 0.2) is 0 Å². The molecule has 0 bridgehead atoms. The largest absolute Gasteiger partial charge is 0.314 e. The molecule has 0 spiro atoms. The minimum atomic E-state index is 0.634. The molecular formula is C13H28N2. The second-order valence-electron chi connectivity index (χ2n) is 5.70. The monoisotopic (exact) mass is 212 g/mol. The summed E-state index contributed by atoms with van der Waals surface area (Å²) in [6, 6.07) is 0.634. The summed E-state index contributed by atoms with van der Waals surface area (Å²) in [6.45, 7) is 14.2. The lowest BCUT2D eigenvalue weighted by atomic mass is 10.1. The molecule has 1 unspecified atom stereocenters. The number of rotatable bonds is 6. The van der Waals surface area contributed by atoms with Crippen molar-refractivity contribution in [3.05, 3.63) is 0 Å². The van der Waals surface area contributed by atoms with Crippen molar-refractivity contribution in [3.63, 3.8) is 0 Å². The minimum absolute atomic E-state index is 0.634. The Kier molecular flexibility index (Phi) is 5.62. The van der Waals surface area contributed by atoms with Gasteiger partial charge < -0.3 is 10.2 Å². The fraction of sp³-hybridized carbons (Fsp3) is 1.00. The summed E-state index contributed by atoms with van der Waals surface area (Å²) < 4.78 is 0. The standard InChI is InChI=1S/C13H28N2/c1-11(2)5-7-15-8-6-13(10-15)9-14-12(3)4/h11-14H,5-10H2,1-4H3. The summed E-state index contributed by atoms with van der Waals surface area (Å²) in [5, 5.41) is 3.55. The molecule has 1 rings (SSSR count). The molecule has 0 aromatic carbocycles. The molecule has 1 atom stereocenters. The first-order valence-corrected chi connectivity index (χ1v) is 6.53. The van der Waals surface area contributed by atoms with Gasteiger partial charge in [0.2, 0.25) is 0 Å². The van der Waals surface area contributed by atoms with Crippen molar-refractivity contribution in [1.29, 1.82) is 0 Å². The highest BCUT2D eigenvalue weighted by Gasteiger charge is 2.21. The zero-order valence-electron chi connectivity index (χ0n) is 10.9. The zero-order valence-corrected chi connectivity index (χ0v) is 10.9. The van der Waals surface area contributed by atoms with Crippen molar-refractivity contribution in [2.45, 2.75) is 46.6 Å². The van der Waals surface area contributed by atoms with Gasteiger partial charge in [-0.15, -0.1) is 0 Å². The van der Waals surface area contributed by atoms with Gasteiger partial charge in [0.1, 0.15) is 0 Å². The van der Waals surface area contributed by atoms with E-state index in [9.17, 15) is 0 Å². The molecule has 2 nitrogen and oxygen atoms in total. The fourth-order valence-corrected chi connectivity index (χ4v) is 2.13. The molecule has 0 amide bonds. The first-order valence-electron chi connectivity index (χ1n) is 6.53. The summed E-state index contributed by atoms with van der Waals surface area (Å²) in [4.78, 5) is 2.63. The van der Waals surface area contributed by atoms with Gasteiger partial charge in [0.25, 0.3) is 0 Å². The molecule has 1 fully saturated rings. The fourth-order valence-electron chi connectivity index (χ4n) is 2.13. The van der Waals surface area contributed by atoms with Crippen LogP contribution < -0.4 is 5.32 Å². The Morgan fingerprint density at radius 3 is 2.60 bits per heavy atom. The van der Waals surface area contributed by atoms with Gasteiger partial charge in [-0.25, -0.2) is 0 Å². The number of hydrogen-bond acceptors (Lipinski definition) is 2. The Balaban J connectivity index is 2.10. The van der Waals surface area contributed by atoms with E-state index >= 15 is 0 Å². The summed E-state index contributed by atoms with van der Waals surface area (Å²) in [6.07, 6.45) is 2.74. The molecule has 1 saturated heterocycles. The van der Waals surface area contributed by atoms with E-state index in [2.05, 4.69) is 37.9 Å². The topological polar surface area (TPSA) is 15.3 Å². The van der Waals surface area contributed by atoms with Crippen LogP contribution in [-0.2, 0) is 0 Å². The van der Waals surface area contributed by atoms with Crippen molar-refractivity contribution >= 4 is 0 Å². The van der Waals surface area contributed by atoms with Crippen LogP contribution in [0.15, 0.2) is 0 Å². The van der Waals surface area contributed by atoms with Gasteiger partial charge in [-0.2, -0.15) is 0 Å². The first-order chi connectivity index (χ1) is 7.08. The molecule has 1 aliphatic rings. The molecule has 90 valence electrons. The van der Waals surface area contributed by atoms with E-state index in [1.165, 1.54) is 39.0 Å². The van der Waals surface area contributed by atoms with Crippen molar-refractivity contribution in [1.82, 2.24) is 10.2 Å². The van der Waals surface area contributed by atoms with Gasteiger partial charge in [0, 0.05) is 12.6 Å². The van der Waals surface area contributed by atoms with Crippen LogP contribution in [0.2, 0.25) is 0 Å². The lowest BCUT2D eigenvalue weighted by Gasteiger charge is -2.18. The van der Waals surface area contributed by atoms with Crippen molar-refractivity contribution in [3.8, 4) is 0 Å². The predicted molar refractivity (Wildman–Crippen MR) is 67.1 cm³/mol. The van der Waals surface area contributed by atoms with Crippen LogP contribution >= 0.6 is 0 Å². The quantitative estimate of drug-likeness (QED) is 0.727. The molecule has 15 heavy (non-hydrogen) atoms. The SMILES string of the molecule is CC(C)CCN1CCC(CNC(C)C)C1.